The molecule has 1 aromatic carbocycles. The summed E-state index contributed by atoms with van der Waals surface area (Å²) in [4.78, 5) is 11.3. The van der Waals surface area contributed by atoms with E-state index in [1.165, 1.54) is 25.4 Å². The number of nitrogens with zero attached hydrogens (tertiary/aromatic N) is 2. The summed E-state index contributed by atoms with van der Waals surface area (Å²) in [5.41, 5.74) is 0.867. The highest BCUT2D eigenvalue weighted by atomic mass is 32.2. The molecule has 1 aliphatic carbocycles. The summed E-state index contributed by atoms with van der Waals surface area (Å²) in [6.45, 7) is 0. The zero-order valence-electron chi connectivity index (χ0n) is 11.9. The van der Waals surface area contributed by atoms with Crippen molar-refractivity contribution in [3.63, 3.8) is 0 Å². The van der Waals surface area contributed by atoms with Gasteiger partial charge in [0, 0.05) is 7.05 Å². The Morgan fingerprint density at radius 3 is 2.50 bits per heavy atom. The van der Waals surface area contributed by atoms with Crippen LogP contribution in [-0.4, -0.2) is 29.3 Å². The predicted octanol–water partition coefficient (Wildman–Crippen LogP) is 1.80. The van der Waals surface area contributed by atoms with Crippen molar-refractivity contribution in [1.82, 2.24) is 9.78 Å². The van der Waals surface area contributed by atoms with Gasteiger partial charge in [-0.25, -0.2) is 13.2 Å². The van der Waals surface area contributed by atoms with E-state index in [0.717, 1.165) is 23.1 Å². The summed E-state index contributed by atoms with van der Waals surface area (Å²) in [5.74, 6) is -0.705. The molecule has 116 valence electrons. The maximum Gasteiger partial charge on any atom is 0.356 e. The summed E-state index contributed by atoms with van der Waals surface area (Å²) in [6, 6.07) is 6.67. The second-order valence-electron chi connectivity index (χ2n) is 5.28. The molecule has 2 aromatic rings. The number of anilines is 1. The minimum Gasteiger partial charge on any atom is -0.476 e. The van der Waals surface area contributed by atoms with Crippen LogP contribution in [0.2, 0.25) is 0 Å². The van der Waals surface area contributed by atoms with Gasteiger partial charge in [0.2, 0.25) is 0 Å². The lowest BCUT2D eigenvalue weighted by Gasteiger charge is -2.08. The van der Waals surface area contributed by atoms with Gasteiger partial charge in [-0.2, -0.15) is 5.10 Å². The number of hydrogen-bond donors (Lipinski definition) is 2. The molecule has 0 unspecified atom stereocenters. The Morgan fingerprint density at radius 2 is 1.95 bits per heavy atom. The molecular weight excluding hydrogens is 306 g/mol. The van der Waals surface area contributed by atoms with Crippen molar-refractivity contribution in [1.29, 1.82) is 0 Å². The SMILES string of the molecule is Cn1ncc(NS(=O)(=O)c2ccc(C3CC3)cc2)c1C(=O)O. The normalized spacial score (nSPS) is 14.8. The molecule has 0 saturated heterocycles. The lowest BCUT2D eigenvalue weighted by molar-refractivity contribution is 0.0686. The molecule has 8 heteroatoms. The first-order chi connectivity index (χ1) is 10.4. The molecule has 0 radical (unpaired) electrons. The van der Waals surface area contributed by atoms with E-state index in [0.29, 0.717) is 5.92 Å². The average Bonchev–Trinajstić information content (AvgIpc) is 3.24. The van der Waals surface area contributed by atoms with Gasteiger partial charge in [-0.05, 0) is 36.5 Å². The minimum atomic E-state index is -3.84. The molecule has 0 amide bonds. The van der Waals surface area contributed by atoms with Gasteiger partial charge in [0.25, 0.3) is 10.0 Å². The molecule has 7 nitrogen and oxygen atoms in total. The van der Waals surface area contributed by atoms with E-state index in [9.17, 15) is 13.2 Å². The zero-order valence-corrected chi connectivity index (χ0v) is 12.7. The number of sulfonamides is 1. The van der Waals surface area contributed by atoms with Crippen molar-refractivity contribution < 1.29 is 18.3 Å². The lowest BCUT2D eigenvalue weighted by Crippen LogP contribution is -2.16. The number of hydrogen-bond acceptors (Lipinski definition) is 4. The number of aryl methyl sites for hydroxylation is 1. The lowest BCUT2D eigenvalue weighted by atomic mass is 10.1. The Morgan fingerprint density at radius 1 is 1.32 bits per heavy atom. The van der Waals surface area contributed by atoms with Crippen LogP contribution in [0.25, 0.3) is 0 Å². The maximum atomic E-state index is 12.3. The minimum absolute atomic E-state index is 0.0544. The first-order valence-corrected chi connectivity index (χ1v) is 8.25. The number of carboxylic acid groups (broad SMARTS) is 1. The van der Waals surface area contributed by atoms with Gasteiger partial charge >= 0.3 is 5.97 Å². The molecule has 1 heterocycles. The van der Waals surface area contributed by atoms with Crippen LogP contribution in [0.4, 0.5) is 5.69 Å². The fraction of sp³-hybridized carbons (Fsp3) is 0.286. The molecule has 0 bridgehead atoms. The average molecular weight is 321 g/mol. The van der Waals surface area contributed by atoms with Crippen molar-refractivity contribution >= 4 is 21.7 Å². The summed E-state index contributed by atoms with van der Waals surface area (Å²) in [6.07, 6.45) is 3.46. The zero-order chi connectivity index (χ0) is 15.9. The number of aromatic nitrogens is 2. The number of benzene rings is 1. The van der Waals surface area contributed by atoms with E-state index in [1.54, 1.807) is 12.1 Å². The molecular formula is C14H15N3O4S. The van der Waals surface area contributed by atoms with Gasteiger partial charge in [0.1, 0.15) is 5.69 Å². The molecule has 1 saturated carbocycles. The third-order valence-corrected chi connectivity index (χ3v) is 5.01. The van der Waals surface area contributed by atoms with Gasteiger partial charge in [-0.15, -0.1) is 0 Å². The van der Waals surface area contributed by atoms with E-state index in [4.69, 9.17) is 5.11 Å². The highest BCUT2D eigenvalue weighted by molar-refractivity contribution is 7.92. The molecule has 3 rings (SSSR count). The highest BCUT2D eigenvalue weighted by Gasteiger charge is 2.25. The molecule has 2 N–H and O–H groups in total. The van der Waals surface area contributed by atoms with Crippen LogP contribution in [0.5, 0.6) is 0 Å². The van der Waals surface area contributed by atoms with E-state index in [-0.39, 0.29) is 16.3 Å². The molecule has 0 spiro atoms. The molecule has 0 aliphatic heterocycles. The fourth-order valence-corrected chi connectivity index (χ4v) is 3.36. The molecule has 1 fully saturated rings. The van der Waals surface area contributed by atoms with Crippen molar-refractivity contribution in [2.24, 2.45) is 7.05 Å². The van der Waals surface area contributed by atoms with Crippen molar-refractivity contribution in [3.8, 4) is 0 Å². The summed E-state index contributed by atoms with van der Waals surface area (Å²) >= 11 is 0. The Labute approximate surface area is 127 Å². The Kier molecular flexibility index (Phi) is 3.40. The van der Waals surface area contributed by atoms with Crippen molar-refractivity contribution in [2.75, 3.05) is 4.72 Å². The fourth-order valence-electron chi connectivity index (χ4n) is 2.31. The standard InChI is InChI=1S/C14H15N3O4S/c1-17-13(14(18)19)12(8-15-17)16-22(20,21)11-6-4-10(5-7-11)9-2-3-9/h4-9,16H,2-3H2,1H3,(H,18,19). The van der Waals surface area contributed by atoms with Gasteiger partial charge in [-0.3, -0.25) is 9.40 Å². The van der Waals surface area contributed by atoms with Crippen molar-refractivity contribution in [3.05, 3.63) is 41.7 Å². The van der Waals surface area contributed by atoms with Gasteiger partial charge in [0.15, 0.2) is 5.69 Å². The van der Waals surface area contributed by atoms with Crippen molar-refractivity contribution in [2.45, 2.75) is 23.7 Å². The summed E-state index contributed by atoms with van der Waals surface area (Å²) in [7, 11) is -2.41. The van der Waals surface area contributed by atoms with Crippen LogP contribution in [0.1, 0.15) is 34.8 Å². The summed E-state index contributed by atoms with van der Waals surface area (Å²) < 4.78 is 28.1. The highest BCUT2D eigenvalue weighted by Crippen LogP contribution is 2.40. The van der Waals surface area contributed by atoms with E-state index >= 15 is 0 Å². The molecule has 22 heavy (non-hydrogen) atoms. The van der Waals surface area contributed by atoms with Crippen LogP contribution in [0.3, 0.4) is 0 Å². The number of nitrogens with one attached hydrogen (secondary N) is 1. The molecule has 1 aromatic heterocycles. The number of aromatic carboxylic acids is 1. The second kappa shape index (κ2) is 5.13. The van der Waals surface area contributed by atoms with Crippen LogP contribution in [-0.2, 0) is 17.1 Å². The van der Waals surface area contributed by atoms with Crippen LogP contribution in [0.15, 0.2) is 35.4 Å². The monoisotopic (exact) mass is 321 g/mol. The Balaban J connectivity index is 1.88. The first kappa shape index (κ1) is 14.6. The summed E-state index contributed by atoms with van der Waals surface area (Å²) in [5, 5.41) is 12.9. The topological polar surface area (TPSA) is 101 Å². The first-order valence-electron chi connectivity index (χ1n) is 6.76. The van der Waals surface area contributed by atoms with E-state index < -0.39 is 16.0 Å². The Hall–Kier alpha value is -2.35. The predicted molar refractivity (Wildman–Crippen MR) is 79.4 cm³/mol. The molecule has 1 aliphatic rings. The van der Waals surface area contributed by atoms with Crippen LogP contribution >= 0.6 is 0 Å². The van der Waals surface area contributed by atoms with Gasteiger partial charge in [0.05, 0.1) is 11.1 Å². The quantitative estimate of drug-likeness (QED) is 0.874. The molecule has 0 atom stereocenters. The number of carbonyl (C=O) groups is 1. The smallest absolute Gasteiger partial charge is 0.356 e. The van der Waals surface area contributed by atoms with E-state index in [2.05, 4.69) is 9.82 Å². The number of carboxylic acids is 1. The van der Waals surface area contributed by atoms with Crippen LogP contribution < -0.4 is 4.72 Å². The largest absolute Gasteiger partial charge is 0.476 e. The van der Waals surface area contributed by atoms with Gasteiger partial charge < -0.3 is 5.11 Å². The third-order valence-electron chi connectivity index (χ3n) is 3.62. The number of rotatable bonds is 5. The maximum absolute atomic E-state index is 12.3. The second-order valence-corrected chi connectivity index (χ2v) is 6.97. The third kappa shape index (κ3) is 2.69. The van der Waals surface area contributed by atoms with E-state index in [1.807, 2.05) is 0 Å². The Bertz CT molecular complexity index is 820. The van der Waals surface area contributed by atoms with Gasteiger partial charge in [-0.1, -0.05) is 12.1 Å². The van der Waals surface area contributed by atoms with Crippen LogP contribution in [0, 0.1) is 0 Å².